The summed E-state index contributed by atoms with van der Waals surface area (Å²) in [5, 5.41) is 9.81. The number of amides is 2. The smallest absolute Gasteiger partial charge is 0.409 e. The molecule has 0 spiro atoms. The molecular weight excluding hydrogens is 394 g/mol. The first kappa shape index (κ1) is 22.9. The monoisotopic (exact) mass is 429 g/mol. The third-order valence-electron chi connectivity index (χ3n) is 5.80. The van der Waals surface area contributed by atoms with E-state index in [0.29, 0.717) is 26.2 Å². The number of carbonyl (C=O) groups excluding carboxylic acids is 2. The van der Waals surface area contributed by atoms with E-state index in [9.17, 15) is 9.59 Å². The number of likely N-dealkylation sites (tertiary alicyclic amines) is 1. The second-order valence-corrected chi connectivity index (χ2v) is 8.12. The molecule has 1 aliphatic carbocycles. The van der Waals surface area contributed by atoms with Crippen LogP contribution in [0.15, 0.2) is 29.3 Å². The number of aliphatic imine (C=N–C) groups is 1. The van der Waals surface area contributed by atoms with E-state index >= 15 is 0 Å². The largest absolute Gasteiger partial charge is 0.450 e. The summed E-state index contributed by atoms with van der Waals surface area (Å²) in [6, 6.07) is 8.14. The number of nitrogens with zero attached hydrogens (tertiary/aromatic N) is 2. The lowest BCUT2D eigenvalue weighted by Gasteiger charge is -2.32. The quantitative estimate of drug-likeness (QED) is 0.457. The number of rotatable bonds is 7. The number of piperidine rings is 1. The molecule has 1 heterocycles. The van der Waals surface area contributed by atoms with Gasteiger partial charge in [0.2, 0.25) is 5.91 Å². The van der Waals surface area contributed by atoms with E-state index < -0.39 is 0 Å². The van der Waals surface area contributed by atoms with Crippen molar-refractivity contribution in [3.05, 3.63) is 29.8 Å². The van der Waals surface area contributed by atoms with Crippen LogP contribution in [0, 0.1) is 5.92 Å². The van der Waals surface area contributed by atoms with Crippen LogP contribution in [0.2, 0.25) is 0 Å². The van der Waals surface area contributed by atoms with Crippen LogP contribution < -0.4 is 16.0 Å². The molecule has 0 radical (unpaired) electrons. The zero-order chi connectivity index (χ0) is 22.1. The fraction of sp³-hybridized carbons (Fsp3) is 0.609. The molecule has 2 amide bonds. The van der Waals surface area contributed by atoms with Gasteiger partial charge in [0, 0.05) is 37.3 Å². The number of benzene rings is 1. The summed E-state index contributed by atoms with van der Waals surface area (Å²) < 4.78 is 5.08. The summed E-state index contributed by atoms with van der Waals surface area (Å²) in [7, 11) is 0. The summed E-state index contributed by atoms with van der Waals surface area (Å²) in [5.41, 5.74) is 1.87. The first-order valence-corrected chi connectivity index (χ1v) is 11.4. The Balaban J connectivity index is 1.52. The minimum Gasteiger partial charge on any atom is -0.450 e. The van der Waals surface area contributed by atoms with Gasteiger partial charge >= 0.3 is 6.09 Å². The van der Waals surface area contributed by atoms with Gasteiger partial charge in [-0.2, -0.15) is 0 Å². The minimum atomic E-state index is -0.231. The van der Waals surface area contributed by atoms with Crippen LogP contribution >= 0.6 is 0 Å². The Kier molecular flexibility index (Phi) is 8.55. The number of nitrogens with one attached hydrogen (secondary N) is 3. The van der Waals surface area contributed by atoms with Gasteiger partial charge in [-0.3, -0.25) is 4.79 Å². The van der Waals surface area contributed by atoms with Gasteiger partial charge in [-0.1, -0.05) is 18.6 Å². The maximum Gasteiger partial charge on any atom is 0.409 e. The zero-order valence-electron chi connectivity index (χ0n) is 18.7. The molecule has 1 aromatic rings. The molecule has 1 aliphatic heterocycles. The van der Waals surface area contributed by atoms with Gasteiger partial charge in [-0.15, -0.1) is 0 Å². The van der Waals surface area contributed by atoms with E-state index in [1.807, 2.05) is 38.1 Å². The van der Waals surface area contributed by atoms with Crippen molar-refractivity contribution in [3.63, 3.8) is 0 Å². The van der Waals surface area contributed by atoms with E-state index in [-0.39, 0.29) is 24.0 Å². The molecule has 0 unspecified atom stereocenters. The summed E-state index contributed by atoms with van der Waals surface area (Å²) in [6.07, 6.45) is 4.61. The summed E-state index contributed by atoms with van der Waals surface area (Å²) >= 11 is 0. The topological polar surface area (TPSA) is 95.1 Å². The molecule has 3 rings (SSSR count). The number of hydrogen-bond donors (Lipinski definition) is 3. The van der Waals surface area contributed by atoms with E-state index in [4.69, 9.17) is 9.73 Å². The van der Waals surface area contributed by atoms with Crippen molar-refractivity contribution < 1.29 is 14.3 Å². The molecular formula is C23H35N5O3. The van der Waals surface area contributed by atoms with Gasteiger partial charge in [-0.25, -0.2) is 9.79 Å². The van der Waals surface area contributed by atoms with Gasteiger partial charge in [-0.05, 0) is 57.2 Å². The fourth-order valence-corrected chi connectivity index (χ4v) is 3.77. The maximum absolute atomic E-state index is 12.2. The molecule has 3 N–H and O–H groups in total. The molecule has 0 aromatic heterocycles. The van der Waals surface area contributed by atoms with Crippen LogP contribution in [0.25, 0.3) is 0 Å². The van der Waals surface area contributed by atoms with Crippen molar-refractivity contribution in [2.45, 2.75) is 58.5 Å². The molecule has 1 aromatic carbocycles. The molecule has 2 aliphatic rings. The van der Waals surface area contributed by atoms with E-state index in [0.717, 1.165) is 55.9 Å². The Morgan fingerprint density at radius 2 is 1.94 bits per heavy atom. The molecule has 2 fully saturated rings. The van der Waals surface area contributed by atoms with Crippen LogP contribution in [0.5, 0.6) is 0 Å². The zero-order valence-corrected chi connectivity index (χ0v) is 18.7. The molecule has 31 heavy (non-hydrogen) atoms. The van der Waals surface area contributed by atoms with Crippen molar-refractivity contribution in [2.24, 2.45) is 10.9 Å². The van der Waals surface area contributed by atoms with Crippen LogP contribution in [0.3, 0.4) is 0 Å². The van der Waals surface area contributed by atoms with Crippen LogP contribution in [-0.4, -0.2) is 55.1 Å². The summed E-state index contributed by atoms with van der Waals surface area (Å²) in [5.74, 6) is 1.05. The number of hydrogen-bond acceptors (Lipinski definition) is 4. The van der Waals surface area contributed by atoms with Gasteiger partial charge in [0.1, 0.15) is 0 Å². The highest BCUT2D eigenvalue weighted by atomic mass is 16.6. The normalized spacial score (nSPS) is 17.6. The van der Waals surface area contributed by atoms with E-state index in [1.54, 1.807) is 4.90 Å². The van der Waals surface area contributed by atoms with Crippen LogP contribution in [0.1, 0.15) is 51.5 Å². The Morgan fingerprint density at radius 1 is 1.16 bits per heavy atom. The van der Waals surface area contributed by atoms with Crippen LogP contribution in [-0.2, 0) is 16.1 Å². The van der Waals surface area contributed by atoms with Crippen LogP contribution in [0.4, 0.5) is 10.5 Å². The van der Waals surface area contributed by atoms with Crippen molar-refractivity contribution >= 4 is 23.6 Å². The highest BCUT2D eigenvalue weighted by Crippen LogP contribution is 2.27. The number of anilines is 1. The molecule has 8 nitrogen and oxygen atoms in total. The van der Waals surface area contributed by atoms with Gasteiger partial charge in [0.15, 0.2) is 5.96 Å². The summed E-state index contributed by atoms with van der Waals surface area (Å²) in [6.45, 7) is 6.91. The number of carbonyl (C=O) groups is 2. The molecule has 1 saturated heterocycles. The van der Waals surface area contributed by atoms with Crippen molar-refractivity contribution in [2.75, 3.05) is 31.6 Å². The Morgan fingerprint density at radius 3 is 2.58 bits per heavy atom. The Hall–Kier alpha value is -2.77. The lowest BCUT2D eigenvalue weighted by Crippen LogP contribution is -2.49. The second-order valence-electron chi connectivity index (χ2n) is 8.12. The Bertz CT molecular complexity index is 770. The highest BCUT2D eigenvalue weighted by Gasteiger charge is 2.25. The molecule has 1 saturated carbocycles. The molecule has 0 atom stereocenters. The van der Waals surface area contributed by atoms with E-state index in [2.05, 4.69) is 16.0 Å². The third-order valence-corrected chi connectivity index (χ3v) is 5.80. The maximum atomic E-state index is 12.2. The van der Waals surface area contributed by atoms with Gasteiger partial charge < -0.3 is 25.6 Å². The number of ether oxygens (including phenoxy) is 1. The molecule has 0 bridgehead atoms. The lowest BCUT2D eigenvalue weighted by molar-refractivity contribution is -0.122. The SMILES string of the molecule is CCNC(=NCc1cccc(NC(=O)C2CCC2)c1)NC1CCN(C(=O)OCC)CC1. The average Bonchev–Trinajstić information content (AvgIpc) is 2.72. The number of guanidine groups is 1. The predicted molar refractivity (Wildman–Crippen MR) is 122 cm³/mol. The average molecular weight is 430 g/mol. The van der Waals surface area contributed by atoms with Gasteiger partial charge in [0.25, 0.3) is 0 Å². The summed E-state index contributed by atoms with van der Waals surface area (Å²) in [4.78, 5) is 30.5. The first-order valence-electron chi connectivity index (χ1n) is 11.4. The predicted octanol–water partition coefficient (Wildman–Crippen LogP) is 3.10. The lowest BCUT2D eigenvalue weighted by atomic mass is 9.85. The van der Waals surface area contributed by atoms with Crippen molar-refractivity contribution in [3.8, 4) is 0 Å². The standard InChI is InChI=1S/C23H35N5O3/c1-3-24-22(27-19-11-13-28(14-12-19)23(30)31-4-2)25-16-17-7-5-10-20(15-17)26-21(29)18-8-6-9-18/h5,7,10,15,18-19H,3-4,6,8-9,11-14,16H2,1-2H3,(H,26,29)(H2,24,25,27). The van der Waals surface area contributed by atoms with Crippen molar-refractivity contribution in [1.29, 1.82) is 0 Å². The van der Waals surface area contributed by atoms with Crippen molar-refractivity contribution in [1.82, 2.24) is 15.5 Å². The highest BCUT2D eigenvalue weighted by molar-refractivity contribution is 5.93. The molecule has 8 heteroatoms. The minimum absolute atomic E-state index is 0.121. The van der Waals surface area contributed by atoms with Gasteiger partial charge in [0.05, 0.1) is 13.2 Å². The first-order chi connectivity index (χ1) is 15.1. The second kappa shape index (κ2) is 11.6. The van der Waals surface area contributed by atoms with E-state index in [1.165, 1.54) is 0 Å². The third kappa shape index (κ3) is 6.87. The Labute approximate surface area is 184 Å². The molecule has 170 valence electrons. The fourth-order valence-electron chi connectivity index (χ4n) is 3.77.